The van der Waals surface area contributed by atoms with Crippen LogP contribution in [0.1, 0.15) is 61.3 Å². The van der Waals surface area contributed by atoms with Gasteiger partial charge in [0.2, 0.25) is 0 Å². The maximum Gasteiger partial charge on any atom is 0.498 e. The van der Waals surface area contributed by atoms with Gasteiger partial charge in [-0.3, -0.25) is 0 Å². The number of nitrogens with zero attached hydrogens (tertiary/aromatic N) is 3. The second-order valence-electron chi connectivity index (χ2n) is 10.1. The molecule has 0 N–H and O–H groups in total. The third kappa shape index (κ3) is 5.43. The van der Waals surface area contributed by atoms with Crippen LogP contribution < -0.4 is 10.2 Å². The molecular weight excluding hydrogens is 385 g/mol. The molecule has 3 heterocycles. The maximum absolute atomic E-state index is 12.3. The SMILES string of the molecule is CC(C)(C)OC(=O)N1CCCC(COc2ncc(B3OC(C)(C)C(C)(C)O3)cn2)C1. The first-order valence-electron chi connectivity index (χ1n) is 10.6. The van der Waals surface area contributed by atoms with Gasteiger partial charge in [-0.2, -0.15) is 0 Å². The molecule has 1 aromatic heterocycles. The van der Waals surface area contributed by atoms with Crippen LogP contribution in [0.4, 0.5) is 4.79 Å². The normalized spacial score (nSPS) is 23.4. The number of rotatable bonds is 4. The average molecular weight is 419 g/mol. The number of amides is 1. The summed E-state index contributed by atoms with van der Waals surface area (Å²) in [7, 11) is -0.496. The van der Waals surface area contributed by atoms with Gasteiger partial charge in [-0.25, -0.2) is 14.8 Å². The van der Waals surface area contributed by atoms with Crippen molar-refractivity contribution in [2.75, 3.05) is 19.7 Å². The Balaban J connectivity index is 1.51. The van der Waals surface area contributed by atoms with Crippen LogP contribution in [0.3, 0.4) is 0 Å². The molecule has 0 radical (unpaired) electrons. The van der Waals surface area contributed by atoms with Crippen LogP contribution in [-0.2, 0) is 14.0 Å². The lowest BCUT2D eigenvalue weighted by atomic mass is 9.81. The highest BCUT2D eigenvalue weighted by Gasteiger charge is 2.52. The van der Waals surface area contributed by atoms with Gasteiger partial charge in [0, 0.05) is 36.9 Å². The molecule has 0 spiro atoms. The largest absolute Gasteiger partial charge is 0.498 e. The second-order valence-corrected chi connectivity index (χ2v) is 10.1. The second kappa shape index (κ2) is 8.34. The molecule has 0 aromatic carbocycles. The van der Waals surface area contributed by atoms with Crippen molar-refractivity contribution in [3.8, 4) is 6.01 Å². The summed E-state index contributed by atoms with van der Waals surface area (Å²) >= 11 is 0. The molecule has 2 saturated heterocycles. The maximum atomic E-state index is 12.3. The molecule has 2 aliphatic rings. The van der Waals surface area contributed by atoms with E-state index in [0.717, 1.165) is 18.3 Å². The van der Waals surface area contributed by atoms with Gasteiger partial charge >= 0.3 is 19.2 Å². The number of carbonyl (C=O) groups excluding carboxylic acids is 1. The molecule has 1 atom stereocenters. The zero-order valence-corrected chi connectivity index (χ0v) is 19.2. The monoisotopic (exact) mass is 419 g/mol. The van der Waals surface area contributed by atoms with Crippen molar-refractivity contribution in [2.24, 2.45) is 5.92 Å². The highest BCUT2D eigenvalue weighted by molar-refractivity contribution is 6.61. The van der Waals surface area contributed by atoms with Gasteiger partial charge in [0.15, 0.2) is 0 Å². The fraction of sp³-hybridized carbons (Fsp3) is 0.762. The number of piperidine rings is 1. The van der Waals surface area contributed by atoms with Gasteiger partial charge in [0.25, 0.3) is 0 Å². The van der Waals surface area contributed by atoms with Gasteiger partial charge in [0.05, 0.1) is 17.8 Å². The van der Waals surface area contributed by atoms with Crippen molar-refractivity contribution in [2.45, 2.75) is 78.1 Å². The van der Waals surface area contributed by atoms with Gasteiger partial charge < -0.3 is 23.7 Å². The van der Waals surface area contributed by atoms with Crippen LogP contribution in [0.15, 0.2) is 12.4 Å². The lowest BCUT2D eigenvalue weighted by Gasteiger charge is -2.33. The molecule has 1 unspecified atom stereocenters. The van der Waals surface area contributed by atoms with Gasteiger partial charge in [-0.15, -0.1) is 0 Å². The van der Waals surface area contributed by atoms with Crippen LogP contribution in [0.2, 0.25) is 0 Å². The zero-order valence-electron chi connectivity index (χ0n) is 19.2. The zero-order chi connectivity index (χ0) is 22.2. The fourth-order valence-electron chi connectivity index (χ4n) is 3.39. The number of hydrogen-bond donors (Lipinski definition) is 0. The van der Waals surface area contributed by atoms with Crippen LogP contribution in [0.5, 0.6) is 6.01 Å². The van der Waals surface area contributed by atoms with Crippen LogP contribution in [0, 0.1) is 5.92 Å². The summed E-state index contributed by atoms with van der Waals surface area (Å²) in [4.78, 5) is 22.7. The van der Waals surface area contributed by atoms with Crippen LogP contribution in [-0.4, -0.2) is 64.6 Å². The predicted octanol–water partition coefficient (Wildman–Crippen LogP) is 2.80. The van der Waals surface area contributed by atoms with Crippen molar-refractivity contribution in [1.29, 1.82) is 0 Å². The Morgan fingerprint density at radius 2 is 1.80 bits per heavy atom. The van der Waals surface area contributed by atoms with Crippen molar-refractivity contribution < 1.29 is 23.6 Å². The highest BCUT2D eigenvalue weighted by atomic mass is 16.7. The van der Waals surface area contributed by atoms with Gasteiger partial charge in [-0.05, 0) is 61.3 Å². The molecule has 1 amide bonds. The number of likely N-dealkylation sites (tertiary alicyclic amines) is 1. The molecule has 166 valence electrons. The van der Waals surface area contributed by atoms with Crippen molar-refractivity contribution in [1.82, 2.24) is 14.9 Å². The summed E-state index contributed by atoms with van der Waals surface area (Å²) in [6, 6.07) is 0.310. The molecule has 0 bridgehead atoms. The standard InChI is InChI=1S/C21H34BN3O5/c1-19(2,3)28-18(26)25-10-8-9-15(13-25)14-27-17-23-11-16(12-24-17)22-29-20(4,5)21(6,7)30-22/h11-12,15H,8-10,13-14H2,1-7H3. The minimum atomic E-state index is -0.496. The van der Waals surface area contributed by atoms with Crippen LogP contribution in [0.25, 0.3) is 0 Å². The van der Waals surface area contributed by atoms with Crippen molar-refractivity contribution in [3.05, 3.63) is 12.4 Å². The van der Waals surface area contributed by atoms with Gasteiger partial charge in [-0.1, -0.05) is 0 Å². The first-order chi connectivity index (χ1) is 13.9. The Kier molecular flexibility index (Phi) is 6.34. The van der Waals surface area contributed by atoms with E-state index in [9.17, 15) is 4.79 Å². The minimum absolute atomic E-state index is 0.220. The molecule has 2 fully saturated rings. The summed E-state index contributed by atoms with van der Waals surface area (Å²) in [5.41, 5.74) is -0.552. The highest BCUT2D eigenvalue weighted by Crippen LogP contribution is 2.36. The molecule has 3 rings (SSSR count). The molecule has 1 aromatic rings. The van der Waals surface area contributed by atoms with Crippen molar-refractivity contribution in [3.63, 3.8) is 0 Å². The fourth-order valence-corrected chi connectivity index (χ4v) is 3.39. The number of carbonyl (C=O) groups is 1. The van der Waals surface area contributed by atoms with Crippen molar-refractivity contribution >= 4 is 18.7 Å². The van der Waals surface area contributed by atoms with E-state index >= 15 is 0 Å². The van der Waals surface area contributed by atoms with Gasteiger partial charge in [0.1, 0.15) is 5.60 Å². The number of aromatic nitrogens is 2. The summed E-state index contributed by atoms with van der Waals surface area (Å²) in [5, 5.41) is 0. The molecular formula is C21H34BN3O5. The molecule has 30 heavy (non-hydrogen) atoms. The van der Waals surface area contributed by atoms with E-state index in [0.29, 0.717) is 25.7 Å². The minimum Gasteiger partial charge on any atom is -0.463 e. The lowest BCUT2D eigenvalue weighted by molar-refractivity contribution is 0.00578. The smallest absolute Gasteiger partial charge is 0.463 e. The third-order valence-electron chi connectivity index (χ3n) is 5.79. The predicted molar refractivity (Wildman–Crippen MR) is 114 cm³/mol. The van der Waals surface area contributed by atoms with Crippen LogP contribution >= 0.6 is 0 Å². The van der Waals surface area contributed by atoms with E-state index in [1.807, 2.05) is 48.5 Å². The van der Waals surface area contributed by atoms with E-state index in [1.54, 1.807) is 17.3 Å². The Bertz CT molecular complexity index is 732. The summed E-state index contributed by atoms with van der Waals surface area (Å²) in [5.74, 6) is 0.220. The van der Waals surface area contributed by atoms with E-state index < -0.39 is 23.9 Å². The summed E-state index contributed by atoms with van der Waals surface area (Å²) in [6.07, 6.45) is 5.01. The Hall–Kier alpha value is -1.87. The summed E-state index contributed by atoms with van der Waals surface area (Å²) in [6.45, 7) is 15.4. The van der Waals surface area contributed by atoms with E-state index in [4.69, 9.17) is 18.8 Å². The number of hydrogen-bond acceptors (Lipinski definition) is 7. The molecule has 0 saturated carbocycles. The first kappa shape index (κ1) is 22.8. The Morgan fingerprint density at radius 1 is 1.20 bits per heavy atom. The third-order valence-corrected chi connectivity index (χ3v) is 5.79. The quantitative estimate of drug-likeness (QED) is 0.694. The topological polar surface area (TPSA) is 83.0 Å². The number of ether oxygens (including phenoxy) is 2. The van der Waals surface area contributed by atoms with E-state index in [-0.39, 0.29) is 12.0 Å². The van der Waals surface area contributed by atoms with E-state index in [2.05, 4.69) is 9.97 Å². The Morgan fingerprint density at radius 3 is 2.37 bits per heavy atom. The molecule has 8 nitrogen and oxygen atoms in total. The molecule has 9 heteroatoms. The molecule has 0 aliphatic carbocycles. The first-order valence-corrected chi connectivity index (χ1v) is 10.6. The summed E-state index contributed by atoms with van der Waals surface area (Å²) < 4.78 is 23.3. The average Bonchev–Trinajstić information content (AvgIpc) is 2.87. The van der Waals surface area contributed by atoms with E-state index in [1.165, 1.54) is 0 Å². The lowest BCUT2D eigenvalue weighted by Crippen LogP contribution is -2.44. The Labute approximate surface area is 179 Å². The molecule has 2 aliphatic heterocycles.